The third kappa shape index (κ3) is 7.42. The summed E-state index contributed by atoms with van der Waals surface area (Å²) in [7, 11) is 0.825. The van der Waals surface area contributed by atoms with Gasteiger partial charge in [-0.25, -0.2) is 6.10 Å². The van der Waals surface area contributed by atoms with Crippen molar-refractivity contribution in [2.45, 2.75) is 41.0 Å². The second-order valence-corrected chi connectivity index (χ2v) is 4.89. The molecule has 0 N–H and O–H groups in total. The van der Waals surface area contributed by atoms with Gasteiger partial charge < -0.3 is 4.43 Å². The van der Waals surface area contributed by atoms with Gasteiger partial charge in [-0.3, -0.25) is 0 Å². The van der Waals surface area contributed by atoms with Crippen molar-refractivity contribution in [3.05, 3.63) is 6.10 Å². The third-order valence-corrected chi connectivity index (χ3v) is 2.58. The van der Waals surface area contributed by atoms with Gasteiger partial charge in [-0.05, 0) is 5.41 Å². The van der Waals surface area contributed by atoms with Gasteiger partial charge in [-0.15, -0.1) is 5.92 Å². The first kappa shape index (κ1) is 15.3. The van der Waals surface area contributed by atoms with Crippen LogP contribution in [0.3, 0.4) is 0 Å². The summed E-state index contributed by atoms with van der Waals surface area (Å²) in [6.45, 7) is 11.1. The van der Waals surface area contributed by atoms with Crippen molar-refractivity contribution in [1.29, 1.82) is 0 Å². The van der Waals surface area contributed by atoms with Crippen LogP contribution in [0.15, 0.2) is 0 Å². The Bertz CT molecular complexity index is 112. The second-order valence-electron chi connectivity index (χ2n) is 4.48. The van der Waals surface area contributed by atoms with E-state index in [4.69, 9.17) is 4.43 Å². The topological polar surface area (TPSA) is 9.23 Å². The smallest absolute Gasteiger partial charge is 0.596 e. The Balaban J connectivity index is 0. The molecule has 0 rings (SSSR count). The number of hydrogen-bond donors (Lipinski definition) is 0. The molecule has 12 heavy (non-hydrogen) atoms. The van der Waals surface area contributed by atoms with Gasteiger partial charge in [0, 0.05) is 0 Å². The van der Waals surface area contributed by atoms with Crippen LogP contribution in [-0.2, 0) is 4.43 Å². The van der Waals surface area contributed by atoms with E-state index >= 15 is 0 Å². The molecule has 0 bridgehead atoms. The minimum absolute atomic E-state index is 0. The van der Waals surface area contributed by atoms with Gasteiger partial charge in [0.15, 0.2) is 0 Å². The van der Waals surface area contributed by atoms with Crippen LogP contribution in [-0.4, -0.2) is 10.5 Å². The van der Waals surface area contributed by atoms with Crippen LogP contribution in [0.5, 0.6) is 0 Å². The first-order chi connectivity index (χ1) is 4.87. The second kappa shape index (κ2) is 6.26. The van der Waals surface area contributed by atoms with E-state index in [1.807, 2.05) is 0 Å². The van der Waals surface area contributed by atoms with Crippen LogP contribution < -0.4 is 18.9 Å². The zero-order valence-electron chi connectivity index (χ0n) is 9.69. The Morgan fingerprint density at radius 1 is 1.42 bits per heavy atom. The van der Waals surface area contributed by atoms with Crippen molar-refractivity contribution in [1.82, 2.24) is 0 Å². The molecule has 0 aromatic heterocycles. The molecule has 0 spiro atoms. The summed E-state index contributed by atoms with van der Waals surface area (Å²) >= 11 is 0. The van der Waals surface area contributed by atoms with Crippen molar-refractivity contribution in [2.24, 2.45) is 11.3 Å². The summed E-state index contributed by atoms with van der Waals surface area (Å²) < 4.78 is 5.31. The Morgan fingerprint density at radius 2 is 1.83 bits per heavy atom. The van der Waals surface area contributed by atoms with Gasteiger partial charge in [0.1, 0.15) is 10.5 Å². The van der Waals surface area contributed by atoms with Crippen LogP contribution in [0.25, 0.3) is 0 Å². The summed E-state index contributed by atoms with van der Waals surface area (Å²) in [6, 6.07) is 0. The number of rotatable bonds is 3. The Hall–Kier alpha value is 0.774. The molecule has 0 saturated carbocycles. The first-order valence-corrected chi connectivity index (χ1v) is 5.06. The molecule has 0 radical (unpaired) electrons. The maximum Gasteiger partial charge on any atom is 1.00 e. The monoisotopic (exact) mass is 180 g/mol. The van der Waals surface area contributed by atoms with Gasteiger partial charge in [0.05, 0.1) is 0 Å². The third-order valence-electron chi connectivity index (χ3n) is 1.93. The van der Waals surface area contributed by atoms with E-state index in [2.05, 4.69) is 34.6 Å². The molecule has 68 valence electrons. The molecule has 0 aromatic rings. The zero-order valence-corrected chi connectivity index (χ0v) is 11.7. The molecule has 3 heteroatoms. The fourth-order valence-electron chi connectivity index (χ4n) is 1.26. The molecular formula is C9H21LiOSi. The quantitative estimate of drug-likeness (QED) is 0.396. The molecule has 1 atom stereocenters. The Labute approximate surface area is 92.4 Å². The van der Waals surface area contributed by atoms with E-state index in [1.54, 1.807) is 0 Å². The van der Waals surface area contributed by atoms with Crippen molar-refractivity contribution < 1.29 is 23.3 Å². The standard InChI is InChI=1S/C9H21OSi.Li/c1-7(8(2)10-11)6-9(3,4)5;/h7H,6H2,1-5,11H3;/q-1;+1. The van der Waals surface area contributed by atoms with E-state index in [1.165, 1.54) is 12.5 Å². The van der Waals surface area contributed by atoms with Gasteiger partial charge in [0.2, 0.25) is 0 Å². The molecule has 1 nitrogen and oxygen atoms in total. The normalized spacial score (nSPS) is 14.5. The SMILES string of the molecule is C[C-](O[SiH3])C(C)CC(C)(C)C.[Li+]. The fraction of sp³-hybridized carbons (Fsp3) is 0.889. The minimum Gasteiger partial charge on any atom is -0.596 e. The zero-order chi connectivity index (χ0) is 9.07. The molecule has 0 aliphatic carbocycles. The van der Waals surface area contributed by atoms with Gasteiger partial charge in [-0.2, -0.15) is 6.92 Å². The summed E-state index contributed by atoms with van der Waals surface area (Å²) in [4.78, 5) is 0. The van der Waals surface area contributed by atoms with Gasteiger partial charge in [-0.1, -0.05) is 34.1 Å². The molecular weight excluding hydrogens is 159 g/mol. The van der Waals surface area contributed by atoms with Gasteiger partial charge >= 0.3 is 18.9 Å². The van der Waals surface area contributed by atoms with Crippen molar-refractivity contribution in [3.8, 4) is 0 Å². The predicted octanol–water partition coefficient (Wildman–Crippen LogP) is -1.09. The van der Waals surface area contributed by atoms with E-state index in [0.717, 1.165) is 10.5 Å². The van der Waals surface area contributed by atoms with E-state index in [0.29, 0.717) is 11.3 Å². The summed E-state index contributed by atoms with van der Waals surface area (Å²) in [5.74, 6) is 0.604. The Kier molecular flexibility index (Phi) is 7.96. The van der Waals surface area contributed by atoms with Crippen LogP contribution >= 0.6 is 0 Å². The average molecular weight is 180 g/mol. The number of hydrogen-bond acceptors (Lipinski definition) is 1. The maximum atomic E-state index is 5.31. The summed E-state index contributed by atoms with van der Waals surface area (Å²) in [6.07, 6.45) is 2.41. The predicted molar refractivity (Wildman–Crippen MR) is 53.2 cm³/mol. The molecule has 0 heterocycles. The molecule has 0 aromatic carbocycles. The van der Waals surface area contributed by atoms with Crippen molar-refractivity contribution >= 4 is 10.5 Å². The molecule has 0 amide bonds. The summed E-state index contributed by atoms with van der Waals surface area (Å²) in [5.41, 5.74) is 0.417. The first-order valence-electron chi connectivity index (χ1n) is 4.24. The average Bonchev–Trinajstić information content (AvgIpc) is 1.82. The van der Waals surface area contributed by atoms with Crippen LogP contribution in [0.1, 0.15) is 41.0 Å². The largest absolute Gasteiger partial charge is 1.00 e. The Morgan fingerprint density at radius 3 is 2.08 bits per heavy atom. The van der Waals surface area contributed by atoms with Crippen LogP contribution in [0.2, 0.25) is 0 Å². The van der Waals surface area contributed by atoms with Crippen molar-refractivity contribution in [3.63, 3.8) is 0 Å². The molecule has 0 saturated heterocycles. The van der Waals surface area contributed by atoms with E-state index in [-0.39, 0.29) is 18.9 Å². The molecule has 1 unspecified atom stereocenters. The van der Waals surface area contributed by atoms with Gasteiger partial charge in [0.25, 0.3) is 0 Å². The van der Waals surface area contributed by atoms with Crippen LogP contribution in [0.4, 0.5) is 0 Å². The van der Waals surface area contributed by atoms with Crippen molar-refractivity contribution in [2.75, 3.05) is 0 Å². The fourth-order valence-corrected chi connectivity index (χ4v) is 1.67. The van der Waals surface area contributed by atoms with Crippen LogP contribution in [0, 0.1) is 17.4 Å². The molecule has 0 aliphatic rings. The molecule has 0 fully saturated rings. The van der Waals surface area contributed by atoms with E-state index < -0.39 is 0 Å². The summed E-state index contributed by atoms with van der Waals surface area (Å²) in [5, 5.41) is 0. The molecule has 0 aliphatic heterocycles. The minimum atomic E-state index is 0. The maximum absolute atomic E-state index is 5.31. The van der Waals surface area contributed by atoms with E-state index in [9.17, 15) is 0 Å².